The molecule has 0 spiro atoms. The summed E-state index contributed by atoms with van der Waals surface area (Å²) in [6, 6.07) is 7.35. The zero-order valence-electron chi connectivity index (χ0n) is 15.3. The number of aromatic nitrogens is 2. The molecule has 1 aliphatic rings. The summed E-state index contributed by atoms with van der Waals surface area (Å²) in [5.41, 5.74) is 1.56. The molecule has 7 nitrogen and oxygen atoms in total. The molecule has 1 aromatic heterocycles. The van der Waals surface area contributed by atoms with E-state index in [-0.39, 0.29) is 36.9 Å². The first kappa shape index (κ1) is 18.0. The molecule has 1 aliphatic heterocycles. The van der Waals surface area contributed by atoms with Crippen LogP contribution in [0.4, 0.5) is 5.69 Å². The lowest BCUT2D eigenvalue weighted by Gasteiger charge is -2.22. The number of para-hydroxylation sites is 2. The Morgan fingerprint density at radius 3 is 2.81 bits per heavy atom. The summed E-state index contributed by atoms with van der Waals surface area (Å²) < 4.78 is 7.45. The van der Waals surface area contributed by atoms with Crippen LogP contribution in [0.1, 0.15) is 44.8 Å². The Kier molecular flexibility index (Phi) is 5.25. The first-order valence-electron chi connectivity index (χ1n) is 8.81. The fourth-order valence-electron chi connectivity index (χ4n) is 2.87. The minimum absolute atomic E-state index is 0.0398. The minimum atomic E-state index is -0.222. The Morgan fingerprint density at radius 2 is 2.08 bits per heavy atom. The topological polar surface area (TPSA) is 76.5 Å². The van der Waals surface area contributed by atoms with E-state index in [2.05, 4.69) is 10.4 Å². The zero-order chi connectivity index (χ0) is 18.7. The smallest absolute Gasteiger partial charge is 0.240 e. The zero-order valence-corrected chi connectivity index (χ0v) is 15.3. The summed E-state index contributed by atoms with van der Waals surface area (Å²) in [4.78, 5) is 26.4. The van der Waals surface area contributed by atoms with E-state index in [1.807, 2.05) is 49.8 Å². The van der Waals surface area contributed by atoms with Crippen LogP contribution in [0.3, 0.4) is 0 Å². The molecule has 1 atom stereocenters. The van der Waals surface area contributed by atoms with Crippen LogP contribution < -0.4 is 15.0 Å². The van der Waals surface area contributed by atoms with E-state index in [9.17, 15) is 9.59 Å². The third-order valence-corrected chi connectivity index (χ3v) is 4.36. The lowest BCUT2D eigenvalue weighted by molar-refractivity contribution is -0.124. The highest BCUT2D eigenvalue weighted by atomic mass is 16.5. The highest BCUT2D eigenvalue weighted by Crippen LogP contribution is 2.30. The van der Waals surface area contributed by atoms with Crippen molar-refractivity contribution in [3.63, 3.8) is 0 Å². The van der Waals surface area contributed by atoms with E-state index in [1.165, 1.54) is 4.90 Å². The number of carbonyl (C=O) groups is 2. The van der Waals surface area contributed by atoms with Crippen LogP contribution in [-0.4, -0.2) is 34.7 Å². The first-order chi connectivity index (χ1) is 12.5. The number of hydrogen-bond acceptors (Lipinski definition) is 4. The van der Waals surface area contributed by atoms with Crippen LogP contribution in [0, 0.1) is 0 Å². The Balaban J connectivity index is 1.69. The van der Waals surface area contributed by atoms with Gasteiger partial charge >= 0.3 is 0 Å². The standard InChI is InChI=1S/C19H24N4O3/c1-13(2)23-11-15(10-20-23)14(3)21-18(24)12-22-16-6-4-5-7-17(16)26-9-8-19(22)25/h4-7,10-11,13-14H,8-9,12H2,1-3H3,(H,21,24). The van der Waals surface area contributed by atoms with Gasteiger partial charge < -0.3 is 10.1 Å². The van der Waals surface area contributed by atoms with Crippen molar-refractivity contribution in [2.24, 2.45) is 0 Å². The molecular formula is C19H24N4O3. The van der Waals surface area contributed by atoms with Gasteiger partial charge in [-0.3, -0.25) is 19.2 Å². The molecule has 3 rings (SSSR count). The average molecular weight is 356 g/mol. The van der Waals surface area contributed by atoms with Gasteiger partial charge in [0.2, 0.25) is 11.8 Å². The molecule has 138 valence electrons. The number of rotatable bonds is 5. The number of anilines is 1. The van der Waals surface area contributed by atoms with Crippen molar-refractivity contribution in [2.45, 2.75) is 39.3 Å². The number of carbonyl (C=O) groups excluding carboxylic acids is 2. The van der Waals surface area contributed by atoms with Gasteiger partial charge in [0.1, 0.15) is 12.3 Å². The molecule has 0 aliphatic carbocycles. The monoisotopic (exact) mass is 356 g/mol. The summed E-state index contributed by atoms with van der Waals surface area (Å²) in [6.07, 6.45) is 3.93. The molecule has 0 saturated carbocycles. The first-order valence-corrected chi connectivity index (χ1v) is 8.81. The minimum Gasteiger partial charge on any atom is -0.491 e. The fraction of sp³-hybridized carbons (Fsp3) is 0.421. The molecule has 2 aromatic rings. The number of benzene rings is 1. The number of nitrogens with one attached hydrogen (secondary N) is 1. The highest BCUT2D eigenvalue weighted by molar-refractivity contribution is 6.00. The van der Waals surface area contributed by atoms with E-state index in [0.717, 1.165) is 5.56 Å². The average Bonchev–Trinajstić information content (AvgIpc) is 3.05. The van der Waals surface area contributed by atoms with E-state index < -0.39 is 0 Å². The van der Waals surface area contributed by atoms with E-state index >= 15 is 0 Å². The van der Waals surface area contributed by atoms with Gasteiger partial charge in [0.15, 0.2) is 0 Å². The van der Waals surface area contributed by atoms with Gasteiger partial charge in [-0.2, -0.15) is 5.10 Å². The Hall–Kier alpha value is -2.83. The summed E-state index contributed by atoms with van der Waals surface area (Å²) >= 11 is 0. The number of amides is 2. The quantitative estimate of drug-likeness (QED) is 0.893. The van der Waals surface area contributed by atoms with Crippen molar-refractivity contribution >= 4 is 17.5 Å². The Morgan fingerprint density at radius 1 is 1.31 bits per heavy atom. The van der Waals surface area contributed by atoms with Gasteiger partial charge in [0.25, 0.3) is 0 Å². The van der Waals surface area contributed by atoms with Crippen LogP contribution in [0.15, 0.2) is 36.7 Å². The van der Waals surface area contributed by atoms with Gasteiger partial charge in [0.05, 0.1) is 31.0 Å². The SMILES string of the molecule is CC(NC(=O)CN1C(=O)CCOc2ccccc21)c1cnn(C(C)C)c1. The largest absolute Gasteiger partial charge is 0.491 e. The molecule has 1 N–H and O–H groups in total. The molecule has 1 aromatic carbocycles. The van der Waals surface area contributed by atoms with Crippen molar-refractivity contribution in [1.82, 2.24) is 15.1 Å². The van der Waals surface area contributed by atoms with E-state index in [4.69, 9.17) is 4.74 Å². The van der Waals surface area contributed by atoms with Gasteiger partial charge in [-0.05, 0) is 32.9 Å². The van der Waals surface area contributed by atoms with Crippen LogP contribution in [0.2, 0.25) is 0 Å². The number of nitrogens with zero attached hydrogens (tertiary/aromatic N) is 3. The normalized spacial score (nSPS) is 15.2. The van der Waals surface area contributed by atoms with Crippen molar-refractivity contribution in [2.75, 3.05) is 18.1 Å². The van der Waals surface area contributed by atoms with Crippen molar-refractivity contribution < 1.29 is 14.3 Å². The van der Waals surface area contributed by atoms with Gasteiger partial charge in [-0.1, -0.05) is 12.1 Å². The molecule has 2 amide bonds. The van der Waals surface area contributed by atoms with Crippen molar-refractivity contribution in [1.29, 1.82) is 0 Å². The molecule has 0 radical (unpaired) electrons. The molecule has 1 unspecified atom stereocenters. The fourth-order valence-corrected chi connectivity index (χ4v) is 2.87. The van der Waals surface area contributed by atoms with Crippen molar-refractivity contribution in [3.8, 4) is 5.75 Å². The molecule has 0 fully saturated rings. The molecule has 26 heavy (non-hydrogen) atoms. The summed E-state index contributed by atoms with van der Waals surface area (Å²) in [5.74, 6) is 0.280. The maximum absolute atomic E-state index is 12.5. The number of hydrogen-bond donors (Lipinski definition) is 1. The second-order valence-corrected chi connectivity index (χ2v) is 6.68. The van der Waals surface area contributed by atoms with Crippen LogP contribution in [0.5, 0.6) is 5.75 Å². The van der Waals surface area contributed by atoms with Crippen LogP contribution in [-0.2, 0) is 9.59 Å². The number of fused-ring (bicyclic) bond motifs is 1. The van der Waals surface area contributed by atoms with Gasteiger partial charge in [0, 0.05) is 17.8 Å². The molecular weight excluding hydrogens is 332 g/mol. The highest BCUT2D eigenvalue weighted by Gasteiger charge is 2.25. The maximum atomic E-state index is 12.5. The van der Waals surface area contributed by atoms with E-state index in [1.54, 1.807) is 12.3 Å². The third kappa shape index (κ3) is 3.87. The molecule has 0 bridgehead atoms. The molecule has 2 heterocycles. The van der Waals surface area contributed by atoms with Crippen LogP contribution in [0.25, 0.3) is 0 Å². The summed E-state index contributed by atoms with van der Waals surface area (Å²) in [7, 11) is 0. The van der Waals surface area contributed by atoms with Gasteiger partial charge in [-0.25, -0.2) is 0 Å². The predicted octanol–water partition coefficient (Wildman–Crippen LogP) is 2.46. The van der Waals surface area contributed by atoms with Crippen LogP contribution >= 0.6 is 0 Å². The van der Waals surface area contributed by atoms with E-state index in [0.29, 0.717) is 18.0 Å². The second kappa shape index (κ2) is 7.59. The third-order valence-electron chi connectivity index (χ3n) is 4.36. The lowest BCUT2D eigenvalue weighted by Crippen LogP contribution is -2.41. The molecule has 0 saturated heterocycles. The van der Waals surface area contributed by atoms with Gasteiger partial charge in [-0.15, -0.1) is 0 Å². The summed E-state index contributed by atoms with van der Waals surface area (Å²) in [6.45, 7) is 6.27. The Bertz CT molecular complexity index is 800. The van der Waals surface area contributed by atoms with Crippen molar-refractivity contribution in [3.05, 3.63) is 42.2 Å². The Labute approximate surface area is 152 Å². The summed E-state index contributed by atoms with van der Waals surface area (Å²) in [5, 5.41) is 7.24. The maximum Gasteiger partial charge on any atom is 0.240 e. The molecule has 7 heteroatoms. The lowest BCUT2D eigenvalue weighted by atomic mass is 10.2. The predicted molar refractivity (Wildman–Crippen MR) is 98.1 cm³/mol. The number of ether oxygens (including phenoxy) is 1. The second-order valence-electron chi connectivity index (χ2n) is 6.68.